The molecule has 0 radical (unpaired) electrons. The molecule has 8 aromatic rings. The van der Waals surface area contributed by atoms with Gasteiger partial charge in [0, 0.05) is 38.9 Å². The van der Waals surface area contributed by atoms with Crippen molar-refractivity contribution in [2.75, 3.05) is 4.90 Å². The van der Waals surface area contributed by atoms with Crippen LogP contribution in [0.25, 0.3) is 33.0 Å². The van der Waals surface area contributed by atoms with Gasteiger partial charge in [-0.1, -0.05) is 153 Å². The zero-order valence-corrected chi connectivity index (χ0v) is 29.1. The van der Waals surface area contributed by atoms with Crippen molar-refractivity contribution in [3.8, 4) is 33.8 Å². The van der Waals surface area contributed by atoms with Crippen molar-refractivity contribution in [2.24, 2.45) is 0 Å². The van der Waals surface area contributed by atoms with Gasteiger partial charge in [0.1, 0.15) is 11.5 Å². The minimum Gasteiger partial charge on any atom is -0.456 e. The molecule has 52 heavy (non-hydrogen) atoms. The second-order valence-electron chi connectivity index (χ2n) is 14.8. The van der Waals surface area contributed by atoms with Crippen LogP contribution in [0.3, 0.4) is 0 Å². The molecule has 0 saturated heterocycles. The summed E-state index contributed by atoms with van der Waals surface area (Å²) in [6, 6.07) is 64.6. The van der Waals surface area contributed by atoms with Gasteiger partial charge in [-0.2, -0.15) is 0 Å². The standard InChI is InChI=1S/C50H35NO/c1-49(2)39-21-10-9-20-38(39)47-42(49)24-14-25-45(47)51(33-16-4-3-5-17-33)34-28-29-37-36-19-8-11-22-40(36)50(44(37)31-34)41-23-12-13-26-46(41)52-48-35-18-7-6-15-32(35)27-30-43(48)50/h3-31H,1-2H3. The largest absolute Gasteiger partial charge is 0.456 e. The van der Waals surface area contributed by atoms with Crippen LogP contribution in [0.4, 0.5) is 17.1 Å². The Morgan fingerprint density at radius 1 is 0.442 bits per heavy atom. The lowest BCUT2D eigenvalue weighted by Crippen LogP contribution is -2.32. The molecule has 0 bridgehead atoms. The van der Waals surface area contributed by atoms with Gasteiger partial charge in [-0.15, -0.1) is 0 Å². The molecule has 0 aromatic heterocycles. The molecule has 1 heterocycles. The average Bonchev–Trinajstić information content (AvgIpc) is 3.61. The summed E-state index contributed by atoms with van der Waals surface area (Å²) in [7, 11) is 0. The highest BCUT2D eigenvalue weighted by atomic mass is 16.5. The summed E-state index contributed by atoms with van der Waals surface area (Å²) in [5.41, 5.74) is 15.5. The van der Waals surface area contributed by atoms with Crippen LogP contribution >= 0.6 is 0 Å². The Morgan fingerprint density at radius 3 is 1.98 bits per heavy atom. The first kappa shape index (κ1) is 29.4. The van der Waals surface area contributed by atoms with Crippen LogP contribution in [0.1, 0.15) is 47.2 Å². The van der Waals surface area contributed by atoms with E-state index in [4.69, 9.17) is 4.74 Å². The van der Waals surface area contributed by atoms with E-state index in [1.807, 2.05) is 0 Å². The number of hydrogen-bond acceptors (Lipinski definition) is 2. The van der Waals surface area contributed by atoms with Crippen LogP contribution in [-0.4, -0.2) is 0 Å². The predicted molar refractivity (Wildman–Crippen MR) is 214 cm³/mol. The SMILES string of the molecule is CC1(C)c2ccccc2-c2c(N(c3ccccc3)c3ccc4c(c3)C3(c5ccccc5Oc5c3ccc3ccccc53)c3ccccc3-4)cccc21. The van der Waals surface area contributed by atoms with Crippen molar-refractivity contribution in [3.63, 3.8) is 0 Å². The second kappa shape index (κ2) is 10.6. The van der Waals surface area contributed by atoms with Crippen LogP contribution in [0.5, 0.6) is 11.5 Å². The van der Waals surface area contributed by atoms with E-state index in [0.717, 1.165) is 28.3 Å². The van der Waals surface area contributed by atoms with Crippen molar-refractivity contribution >= 4 is 27.8 Å². The van der Waals surface area contributed by atoms with E-state index < -0.39 is 5.41 Å². The molecule has 3 aliphatic rings. The van der Waals surface area contributed by atoms with Gasteiger partial charge in [-0.3, -0.25) is 0 Å². The summed E-state index contributed by atoms with van der Waals surface area (Å²) in [5.74, 6) is 1.84. The lowest BCUT2D eigenvalue weighted by molar-refractivity contribution is 0.441. The van der Waals surface area contributed by atoms with Crippen LogP contribution in [-0.2, 0) is 10.8 Å². The molecule has 1 spiro atoms. The fourth-order valence-electron chi connectivity index (χ4n) is 9.68. The number of hydrogen-bond donors (Lipinski definition) is 0. The number of rotatable bonds is 3. The molecule has 0 fully saturated rings. The molecular formula is C50H35NO. The summed E-state index contributed by atoms with van der Waals surface area (Å²) in [4.78, 5) is 2.47. The van der Waals surface area contributed by atoms with Gasteiger partial charge >= 0.3 is 0 Å². The highest BCUT2D eigenvalue weighted by molar-refractivity contribution is 5.98. The molecule has 1 atom stereocenters. The highest BCUT2D eigenvalue weighted by Gasteiger charge is 2.51. The number of ether oxygens (including phenoxy) is 1. The minimum absolute atomic E-state index is 0.105. The molecule has 2 heteroatoms. The maximum atomic E-state index is 6.92. The Hall–Kier alpha value is -6.38. The average molecular weight is 666 g/mol. The van der Waals surface area contributed by atoms with Gasteiger partial charge in [0.05, 0.1) is 11.1 Å². The Morgan fingerprint density at radius 2 is 1.12 bits per heavy atom. The van der Waals surface area contributed by atoms with Gasteiger partial charge in [-0.25, -0.2) is 0 Å². The maximum absolute atomic E-state index is 6.92. The van der Waals surface area contributed by atoms with Gasteiger partial charge in [0.2, 0.25) is 0 Å². The van der Waals surface area contributed by atoms with Crippen molar-refractivity contribution in [1.29, 1.82) is 0 Å². The summed E-state index contributed by atoms with van der Waals surface area (Å²) in [6.45, 7) is 4.71. The van der Waals surface area contributed by atoms with E-state index >= 15 is 0 Å². The molecule has 1 aliphatic heterocycles. The molecule has 2 nitrogen and oxygen atoms in total. The van der Waals surface area contributed by atoms with E-state index in [1.165, 1.54) is 66.7 Å². The van der Waals surface area contributed by atoms with E-state index in [0.29, 0.717) is 0 Å². The summed E-state index contributed by atoms with van der Waals surface area (Å²) in [5, 5.41) is 2.30. The summed E-state index contributed by atoms with van der Waals surface area (Å²) in [6.07, 6.45) is 0. The topological polar surface area (TPSA) is 12.5 Å². The number of fused-ring (bicyclic) bond motifs is 14. The van der Waals surface area contributed by atoms with Crippen molar-refractivity contribution in [3.05, 3.63) is 209 Å². The van der Waals surface area contributed by atoms with Gasteiger partial charge in [0.25, 0.3) is 0 Å². The number of para-hydroxylation sites is 2. The Bertz CT molecular complexity index is 2760. The summed E-state index contributed by atoms with van der Waals surface area (Å²) >= 11 is 0. The normalized spacial score (nSPS) is 16.7. The van der Waals surface area contributed by atoms with Crippen molar-refractivity contribution < 1.29 is 4.74 Å². The molecular weight excluding hydrogens is 631 g/mol. The van der Waals surface area contributed by atoms with E-state index in [-0.39, 0.29) is 5.41 Å². The number of benzene rings is 8. The number of anilines is 3. The van der Waals surface area contributed by atoms with E-state index in [9.17, 15) is 0 Å². The third-order valence-corrected chi connectivity index (χ3v) is 11.9. The lowest BCUT2D eigenvalue weighted by atomic mass is 9.65. The smallest absolute Gasteiger partial charge is 0.140 e. The molecule has 246 valence electrons. The minimum atomic E-state index is -0.578. The van der Waals surface area contributed by atoms with Gasteiger partial charge in [0.15, 0.2) is 0 Å². The maximum Gasteiger partial charge on any atom is 0.140 e. The predicted octanol–water partition coefficient (Wildman–Crippen LogP) is 13.1. The highest BCUT2D eigenvalue weighted by Crippen LogP contribution is 2.64. The third-order valence-electron chi connectivity index (χ3n) is 11.9. The number of nitrogens with zero attached hydrogens (tertiary/aromatic N) is 1. The molecule has 0 amide bonds. The molecule has 0 saturated carbocycles. The fourth-order valence-corrected chi connectivity index (χ4v) is 9.68. The first-order valence-corrected chi connectivity index (χ1v) is 18.2. The van der Waals surface area contributed by atoms with Crippen LogP contribution < -0.4 is 9.64 Å². The van der Waals surface area contributed by atoms with Crippen LogP contribution in [0.15, 0.2) is 176 Å². The van der Waals surface area contributed by atoms with E-state index in [2.05, 4.69) is 195 Å². The van der Waals surface area contributed by atoms with Gasteiger partial charge < -0.3 is 9.64 Å². The first-order chi connectivity index (χ1) is 25.6. The molecule has 1 unspecified atom stereocenters. The first-order valence-electron chi connectivity index (χ1n) is 18.2. The van der Waals surface area contributed by atoms with Crippen LogP contribution in [0, 0.1) is 0 Å². The zero-order valence-electron chi connectivity index (χ0n) is 29.1. The molecule has 8 aromatic carbocycles. The molecule has 11 rings (SSSR count). The summed E-state index contributed by atoms with van der Waals surface area (Å²) < 4.78 is 6.92. The Labute approximate surface area is 304 Å². The van der Waals surface area contributed by atoms with Crippen molar-refractivity contribution in [2.45, 2.75) is 24.7 Å². The molecule has 2 aliphatic carbocycles. The van der Waals surface area contributed by atoms with Crippen LogP contribution in [0.2, 0.25) is 0 Å². The Balaban J connectivity index is 1.23. The fraction of sp³-hybridized carbons (Fsp3) is 0.0800. The molecule has 0 N–H and O–H groups in total. The van der Waals surface area contributed by atoms with Gasteiger partial charge in [-0.05, 0) is 80.7 Å². The second-order valence-corrected chi connectivity index (χ2v) is 14.8. The van der Waals surface area contributed by atoms with Crippen molar-refractivity contribution in [1.82, 2.24) is 0 Å². The third kappa shape index (κ3) is 3.74. The Kier molecular flexibility index (Phi) is 5.97. The van der Waals surface area contributed by atoms with E-state index in [1.54, 1.807) is 0 Å². The lowest BCUT2D eigenvalue weighted by Gasteiger charge is -2.40. The monoisotopic (exact) mass is 665 g/mol. The quantitative estimate of drug-likeness (QED) is 0.186. The zero-order chi connectivity index (χ0) is 34.6.